The maximum absolute atomic E-state index is 12.8. The van der Waals surface area contributed by atoms with E-state index in [9.17, 15) is 14.4 Å². The Morgan fingerprint density at radius 1 is 0.296 bits per heavy atom. The van der Waals surface area contributed by atoms with Gasteiger partial charge in [0.25, 0.3) is 0 Å². The molecule has 0 aliphatic rings. The van der Waals surface area contributed by atoms with Crippen molar-refractivity contribution in [3.8, 4) is 0 Å². The molecule has 0 aliphatic carbocycles. The Bertz CT molecular complexity index is 1500. The average Bonchev–Trinajstić information content (AvgIpc) is 3.37. The maximum atomic E-state index is 12.8. The maximum Gasteiger partial charge on any atom is 0.306 e. The molecule has 71 heavy (non-hydrogen) atoms. The Labute approximate surface area is 437 Å². The van der Waals surface area contributed by atoms with Gasteiger partial charge in [0.1, 0.15) is 13.2 Å². The van der Waals surface area contributed by atoms with Gasteiger partial charge in [0.05, 0.1) is 0 Å². The SMILES string of the molecule is CC/C=C\C/C=C\C/C=C\C/C=C\C/C=C\CCCCCC(=O)OC(COC(=O)CCCCCCC/C=C\CCCC)COC(=O)CCCCCCCCCCCC/C=C\C/C=C\C/C=C\C/C=C\CC. The van der Waals surface area contributed by atoms with Crippen LogP contribution in [-0.2, 0) is 28.6 Å². The van der Waals surface area contributed by atoms with Crippen molar-refractivity contribution in [3.63, 3.8) is 0 Å². The van der Waals surface area contributed by atoms with Crippen molar-refractivity contribution < 1.29 is 28.6 Å². The molecule has 1 atom stereocenters. The highest BCUT2D eigenvalue weighted by atomic mass is 16.6. The van der Waals surface area contributed by atoms with Crippen LogP contribution in [0.3, 0.4) is 0 Å². The minimum absolute atomic E-state index is 0.0990. The summed E-state index contributed by atoms with van der Waals surface area (Å²) >= 11 is 0. The molecule has 0 N–H and O–H groups in total. The Morgan fingerprint density at radius 2 is 0.549 bits per heavy atom. The van der Waals surface area contributed by atoms with Gasteiger partial charge in [0.15, 0.2) is 6.10 Å². The van der Waals surface area contributed by atoms with Crippen LogP contribution in [0.15, 0.2) is 122 Å². The van der Waals surface area contributed by atoms with Gasteiger partial charge in [-0.05, 0) is 122 Å². The molecule has 6 nitrogen and oxygen atoms in total. The van der Waals surface area contributed by atoms with Gasteiger partial charge < -0.3 is 14.2 Å². The minimum atomic E-state index is -0.804. The van der Waals surface area contributed by atoms with E-state index in [1.54, 1.807) is 0 Å². The monoisotopic (exact) mass is 983 g/mol. The molecule has 0 rings (SSSR count). The van der Waals surface area contributed by atoms with E-state index in [0.717, 1.165) is 135 Å². The largest absolute Gasteiger partial charge is 0.462 e. The molecule has 402 valence electrons. The Balaban J connectivity index is 4.39. The lowest BCUT2D eigenvalue weighted by atomic mass is 10.1. The van der Waals surface area contributed by atoms with Crippen LogP contribution in [-0.4, -0.2) is 37.2 Å². The van der Waals surface area contributed by atoms with Crippen LogP contribution < -0.4 is 0 Å². The summed E-state index contributed by atoms with van der Waals surface area (Å²) in [6.45, 7) is 6.33. The van der Waals surface area contributed by atoms with Crippen molar-refractivity contribution in [2.75, 3.05) is 13.2 Å². The second-order valence-electron chi connectivity index (χ2n) is 18.8. The Hall–Kier alpha value is -4.19. The highest BCUT2D eigenvalue weighted by Crippen LogP contribution is 2.14. The van der Waals surface area contributed by atoms with Gasteiger partial charge in [0, 0.05) is 19.3 Å². The zero-order valence-electron chi connectivity index (χ0n) is 45.9. The van der Waals surface area contributed by atoms with E-state index in [4.69, 9.17) is 14.2 Å². The van der Waals surface area contributed by atoms with Crippen LogP contribution in [0.4, 0.5) is 0 Å². The van der Waals surface area contributed by atoms with E-state index < -0.39 is 6.10 Å². The van der Waals surface area contributed by atoms with E-state index in [1.807, 2.05) is 0 Å². The number of carbonyl (C=O) groups is 3. The van der Waals surface area contributed by atoms with Gasteiger partial charge in [0.2, 0.25) is 0 Å². The molecule has 6 heteroatoms. The summed E-state index contributed by atoms with van der Waals surface area (Å²) in [5.74, 6) is -0.947. The van der Waals surface area contributed by atoms with Gasteiger partial charge in [-0.3, -0.25) is 14.4 Å². The zero-order chi connectivity index (χ0) is 51.4. The third kappa shape index (κ3) is 56.6. The lowest BCUT2D eigenvalue weighted by molar-refractivity contribution is -0.167. The molecule has 0 saturated carbocycles. The molecule has 0 bridgehead atoms. The third-order valence-electron chi connectivity index (χ3n) is 11.9. The Morgan fingerprint density at radius 3 is 0.887 bits per heavy atom. The summed E-state index contributed by atoms with van der Waals surface area (Å²) in [4.78, 5) is 38.1. The first-order valence-electron chi connectivity index (χ1n) is 29.0. The van der Waals surface area contributed by atoms with Gasteiger partial charge in [-0.25, -0.2) is 0 Å². The normalized spacial score (nSPS) is 13.0. The van der Waals surface area contributed by atoms with E-state index >= 15 is 0 Å². The lowest BCUT2D eigenvalue weighted by Gasteiger charge is -2.18. The van der Waals surface area contributed by atoms with E-state index in [-0.39, 0.29) is 37.5 Å². The summed E-state index contributed by atoms with van der Waals surface area (Å²) in [7, 11) is 0. The van der Waals surface area contributed by atoms with E-state index in [0.29, 0.717) is 12.8 Å². The lowest BCUT2D eigenvalue weighted by Crippen LogP contribution is -2.30. The predicted molar refractivity (Wildman–Crippen MR) is 306 cm³/mol. The standard InChI is InChI=1S/C65H106O6/c1-4-7-10-13-16-19-22-24-26-28-30-31-32-33-35-36-38-40-43-46-49-52-55-58-64(67)70-61-62(60-69-63(66)57-54-51-48-45-42-21-18-15-12-9-6-3)71-65(68)59-56-53-50-47-44-41-39-37-34-29-27-25-23-20-17-14-11-8-5-2/h7-8,10-11,15-20,24-27,30-31,34,37,41,44,62H,4-6,9,12-14,21-23,28-29,32-33,35-36,38-40,42-43,45-61H2,1-3H3/b10-7-,11-8-,18-15-,19-16-,20-17-,26-24-,27-25-,31-30-,37-34-,44-41-. The van der Waals surface area contributed by atoms with Crippen molar-refractivity contribution in [3.05, 3.63) is 122 Å². The molecule has 0 radical (unpaired) electrons. The number of hydrogen-bond donors (Lipinski definition) is 0. The van der Waals surface area contributed by atoms with Crippen molar-refractivity contribution in [1.82, 2.24) is 0 Å². The summed E-state index contributed by atoms with van der Waals surface area (Å²) in [6.07, 6.45) is 80.5. The number of hydrogen-bond acceptors (Lipinski definition) is 6. The smallest absolute Gasteiger partial charge is 0.306 e. The van der Waals surface area contributed by atoms with Crippen LogP contribution in [0, 0.1) is 0 Å². The van der Waals surface area contributed by atoms with Crippen LogP contribution in [0.25, 0.3) is 0 Å². The summed E-state index contributed by atoms with van der Waals surface area (Å²) in [5, 5.41) is 0. The number of unbranched alkanes of at least 4 members (excludes halogenated alkanes) is 20. The van der Waals surface area contributed by atoms with Crippen molar-refractivity contribution in [1.29, 1.82) is 0 Å². The van der Waals surface area contributed by atoms with Gasteiger partial charge in [-0.2, -0.15) is 0 Å². The number of esters is 3. The molecule has 0 heterocycles. The molecular weight excluding hydrogens is 877 g/mol. The second kappa shape index (κ2) is 58.4. The first kappa shape index (κ1) is 66.8. The minimum Gasteiger partial charge on any atom is -0.462 e. The van der Waals surface area contributed by atoms with E-state index in [2.05, 4.69) is 142 Å². The van der Waals surface area contributed by atoms with E-state index in [1.165, 1.54) is 77.0 Å². The summed E-state index contributed by atoms with van der Waals surface area (Å²) < 4.78 is 16.8. The van der Waals surface area contributed by atoms with Crippen molar-refractivity contribution in [2.45, 2.75) is 258 Å². The van der Waals surface area contributed by atoms with Gasteiger partial charge in [-0.1, -0.05) is 232 Å². The molecular formula is C65H106O6. The van der Waals surface area contributed by atoms with Gasteiger partial charge >= 0.3 is 17.9 Å². The van der Waals surface area contributed by atoms with Crippen LogP contribution >= 0.6 is 0 Å². The molecule has 0 amide bonds. The fourth-order valence-electron chi connectivity index (χ4n) is 7.62. The first-order chi connectivity index (χ1) is 35.0. The number of rotatable bonds is 51. The molecule has 0 spiro atoms. The first-order valence-corrected chi connectivity index (χ1v) is 29.0. The Kier molecular flexibility index (Phi) is 54.9. The molecule has 0 fully saturated rings. The topological polar surface area (TPSA) is 78.9 Å². The second-order valence-corrected chi connectivity index (χ2v) is 18.8. The molecule has 0 aromatic heterocycles. The molecule has 0 saturated heterocycles. The number of carbonyl (C=O) groups excluding carboxylic acids is 3. The van der Waals surface area contributed by atoms with Gasteiger partial charge in [-0.15, -0.1) is 0 Å². The summed E-state index contributed by atoms with van der Waals surface area (Å²) in [6, 6.07) is 0. The summed E-state index contributed by atoms with van der Waals surface area (Å²) in [5.41, 5.74) is 0. The van der Waals surface area contributed by atoms with Crippen molar-refractivity contribution in [2.24, 2.45) is 0 Å². The molecule has 1 unspecified atom stereocenters. The highest BCUT2D eigenvalue weighted by molar-refractivity contribution is 5.71. The zero-order valence-corrected chi connectivity index (χ0v) is 45.9. The fourth-order valence-corrected chi connectivity index (χ4v) is 7.62. The molecule has 0 aromatic carbocycles. The highest BCUT2D eigenvalue weighted by Gasteiger charge is 2.19. The van der Waals surface area contributed by atoms with Crippen LogP contribution in [0.5, 0.6) is 0 Å². The molecule has 0 aliphatic heterocycles. The van der Waals surface area contributed by atoms with Crippen molar-refractivity contribution >= 4 is 17.9 Å². The fraction of sp³-hybridized carbons (Fsp3) is 0.646. The van der Waals surface area contributed by atoms with Crippen LogP contribution in [0.1, 0.15) is 252 Å². The predicted octanol–water partition coefficient (Wildman–Crippen LogP) is 19.6. The van der Waals surface area contributed by atoms with Crippen LogP contribution in [0.2, 0.25) is 0 Å². The molecule has 0 aromatic rings. The number of allylic oxidation sites excluding steroid dienone is 20. The quantitative estimate of drug-likeness (QED) is 0.0261. The number of ether oxygens (including phenoxy) is 3. The average molecular weight is 984 g/mol. The third-order valence-corrected chi connectivity index (χ3v) is 11.9.